The molecule has 1 aliphatic heterocycles. The van der Waals surface area contributed by atoms with Crippen LogP contribution < -0.4 is 0 Å². The second kappa shape index (κ2) is 10.7. The number of hydrogen-bond acceptors (Lipinski definition) is 6. The van der Waals surface area contributed by atoms with Crippen LogP contribution in [0.25, 0.3) is 11.6 Å². The van der Waals surface area contributed by atoms with Crippen LogP contribution in [0, 0.1) is 23.6 Å². The zero-order valence-electron chi connectivity index (χ0n) is 20.0. The highest BCUT2D eigenvalue weighted by Gasteiger charge is 2.53. The van der Waals surface area contributed by atoms with Crippen LogP contribution in [0.3, 0.4) is 0 Å². The molecule has 2 aromatic carbocycles. The number of benzene rings is 2. The summed E-state index contributed by atoms with van der Waals surface area (Å²) < 4.78 is 13.9. The van der Waals surface area contributed by atoms with Gasteiger partial charge in [0.25, 0.3) is 0 Å². The monoisotopic (exact) mass is 495 g/mol. The lowest BCUT2D eigenvalue weighted by Gasteiger charge is -2.36. The average molecular weight is 496 g/mol. The Morgan fingerprint density at radius 2 is 1.86 bits per heavy atom. The van der Waals surface area contributed by atoms with Crippen LogP contribution in [-0.4, -0.2) is 63.5 Å². The minimum absolute atomic E-state index is 0.160. The van der Waals surface area contributed by atoms with E-state index in [-0.39, 0.29) is 31.3 Å². The summed E-state index contributed by atoms with van der Waals surface area (Å²) in [6, 6.07) is 13.5. The molecule has 1 saturated heterocycles. The number of nitrogens with zero attached hydrogens (tertiary/aromatic N) is 1. The van der Waals surface area contributed by atoms with Crippen molar-refractivity contribution in [3.8, 4) is 5.75 Å². The minimum Gasteiger partial charge on any atom is -0.505 e. The fraction of sp³-hybridized carbons (Fsp3) is 0.357. The molecule has 1 heterocycles. The number of aliphatic hydroxyl groups excluding tert-OH is 3. The highest BCUT2D eigenvalue weighted by atomic mass is 19.1. The minimum atomic E-state index is -1.07. The number of phenolic OH excluding ortho intramolecular Hbond substituents is 1. The highest BCUT2D eigenvalue weighted by molar-refractivity contribution is 6.05. The molecule has 0 saturated carbocycles. The van der Waals surface area contributed by atoms with Crippen molar-refractivity contribution in [1.82, 2.24) is 4.90 Å². The first kappa shape index (κ1) is 25.8. The van der Waals surface area contributed by atoms with Crippen LogP contribution in [0.15, 0.2) is 59.7 Å². The Morgan fingerprint density at radius 1 is 1.14 bits per heavy atom. The van der Waals surface area contributed by atoms with E-state index in [9.17, 15) is 34.4 Å². The fourth-order valence-corrected chi connectivity index (χ4v) is 5.48. The molecule has 7 nitrogen and oxygen atoms in total. The number of aromatic hydroxyl groups is 1. The number of phenols is 1. The SMILES string of the molecule is CN1C(=O)[C@@H]2[C@@H](CC(CO)=C([C@H](O)CC/C(=C/c3ccc(O)c(F)c3)c3ccccc3)[C@@H]2CO)C1=O. The standard InChI is InChI=1S/C28H30FNO6/c1-30-27(35)20-13-19(14-31)25(21(15-32)26(20)28(30)36)24(34)10-8-18(17-5-3-2-4-6-17)11-16-7-9-23(33)22(29)12-16/h2-7,9,11-12,20-21,24,26,31-34H,8,10,13-15H2,1H3/b18-11-/t20-,21+,24-,26-/m1/s1. The quantitative estimate of drug-likeness (QED) is 0.254. The Balaban J connectivity index is 1.63. The number of imide groups is 1. The third-order valence-electron chi connectivity index (χ3n) is 7.30. The molecule has 2 aliphatic rings. The van der Waals surface area contributed by atoms with Crippen LogP contribution in [0.5, 0.6) is 5.75 Å². The maximum atomic E-state index is 13.9. The van der Waals surface area contributed by atoms with Gasteiger partial charge in [0.2, 0.25) is 11.8 Å². The molecule has 36 heavy (non-hydrogen) atoms. The average Bonchev–Trinajstić information content (AvgIpc) is 3.11. The molecule has 1 aliphatic carbocycles. The molecule has 4 rings (SSSR count). The number of carbonyl (C=O) groups is 2. The lowest BCUT2D eigenvalue weighted by atomic mass is 9.68. The molecule has 190 valence electrons. The molecular formula is C28H30FNO6. The van der Waals surface area contributed by atoms with Gasteiger partial charge in [-0.05, 0) is 59.2 Å². The zero-order valence-corrected chi connectivity index (χ0v) is 20.0. The Morgan fingerprint density at radius 3 is 2.50 bits per heavy atom. The summed E-state index contributed by atoms with van der Waals surface area (Å²) in [5, 5.41) is 41.0. The molecule has 4 atom stereocenters. The molecule has 8 heteroatoms. The van der Waals surface area contributed by atoms with E-state index in [1.54, 1.807) is 12.1 Å². The van der Waals surface area contributed by atoms with Crippen LogP contribution in [0.2, 0.25) is 0 Å². The fourth-order valence-electron chi connectivity index (χ4n) is 5.48. The van der Waals surface area contributed by atoms with E-state index in [0.29, 0.717) is 23.1 Å². The molecule has 2 aromatic rings. The molecule has 0 radical (unpaired) electrons. The number of fused-ring (bicyclic) bond motifs is 1. The van der Waals surface area contributed by atoms with Crippen LogP contribution in [0.1, 0.15) is 30.4 Å². The van der Waals surface area contributed by atoms with E-state index in [0.717, 1.165) is 16.0 Å². The maximum Gasteiger partial charge on any atom is 0.233 e. The van der Waals surface area contributed by atoms with Crippen molar-refractivity contribution in [2.75, 3.05) is 20.3 Å². The van der Waals surface area contributed by atoms with Gasteiger partial charge in [0.05, 0.1) is 31.2 Å². The lowest BCUT2D eigenvalue weighted by Crippen LogP contribution is -2.39. The zero-order chi connectivity index (χ0) is 26.0. The molecular weight excluding hydrogens is 465 g/mol. The first-order valence-electron chi connectivity index (χ1n) is 11.9. The van der Waals surface area contributed by atoms with Gasteiger partial charge in [-0.3, -0.25) is 14.5 Å². The van der Waals surface area contributed by atoms with Crippen molar-refractivity contribution < 1.29 is 34.4 Å². The van der Waals surface area contributed by atoms with Crippen molar-refractivity contribution >= 4 is 23.5 Å². The molecule has 4 N–H and O–H groups in total. The van der Waals surface area contributed by atoms with Gasteiger partial charge in [0.1, 0.15) is 0 Å². The van der Waals surface area contributed by atoms with E-state index in [1.807, 2.05) is 30.3 Å². The van der Waals surface area contributed by atoms with Gasteiger partial charge in [-0.25, -0.2) is 4.39 Å². The molecule has 1 fully saturated rings. The predicted octanol–water partition coefficient (Wildman–Crippen LogP) is 2.75. The summed E-state index contributed by atoms with van der Waals surface area (Å²) in [5.74, 6) is -4.08. The van der Waals surface area contributed by atoms with E-state index < -0.39 is 42.0 Å². The smallest absolute Gasteiger partial charge is 0.233 e. The maximum absolute atomic E-state index is 13.9. The molecule has 0 unspecified atom stereocenters. The summed E-state index contributed by atoms with van der Waals surface area (Å²) in [4.78, 5) is 26.4. The van der Waals surface area contributed by atoms with Crippen LogP contribution >= 0.6 is 0 Å². The first-order valence-corrected chi connectivity index (χ1v) is 11.9. The van der Waals surface area contributed by atoms with Gasteiger partial charge in [-0.15, -0.1) is 0 Å². The number of likely N-dealkylation sites (tertiary alicyclic amines) is 1. The van der Waals surface area contributed by atoms with Crippen molar-refractivity contribution in [3.05, 3.63) is 76.6 Å². The summed E-state index contributed by atoms with van der Waals surface area (Å²) in [6.45, 7) is -0.816. The molecule has 0 spiro atoms. The second-order valence-corrected chi connectivity index (χ2v) is 9.38. The number of allylic oxidation sites excluding steroid dienone is 1. The Kier molecular flexibility index (Phi) is 7.68. The van der Waals surface area contributed by atoms with E-state index in [1.165, 1.54) is 19.2 Å². The topological polar surface area (TPSA) is 118 Å². The van der Waals surface area contributed by atoms with Gasteiger partial charge in [0.15, 0.2) is 11.6 Å². The number of hydrogen-bond donors (Lipinski definition) is 4. The molecule has 0 bridgehead atoms. The summed E-state index contributed by atoms with van der Waals surface area (Å²) in [6.07, 6.45) is 1.46. The van der Waals surface area contributed by atoms with Gasteiger partial charge in [-0.2, -0.15) is 0 Å². The largest absolute Gasteiger partial charge is 0.505 e. The van der Waals surface area contributed by atoms with Crippen molar-refractivity contribution in [1.29, 1.82) is 0 Å². The second-order valence-electron chi connectivity index (χ2n) is 9.38. The van der Waals surface area contributed by atoms with Gasteiger partial charge >= 0.3 is 0 Å². The number of carbonyl (C=O) groups excluding carboxylic acids is 2. The van der Waals surface area contributed by atoms with E-state index >= 15 is 0 Å². The summed E-state index contributed by atoms with van der Waals surface area (Å²) >= 11 is 0. The number of halogens is 1. The van der Waals surface area contributed by atoms with Crippen molar-refractivity contribution in [2.24, 2.45) is 17.8 Å². The van der Waals surface area contributed by atoms with Crippen molar-refractivity contribution in [2.45, 2.75) is 25.4 Å². The van der Waals surface area contributed by atoms with Crippen molar-refractivity contribution in [3.63, 3.8) is 0 Å². The Bertz CT molecular complexity index is 1210. The number of aliphatic hydroxyl groups is 3. The summed E-state index contributed by atoms with van der Waals surface area (Å²) in [7, 11) is 1.41. The molecule has 2 amide bonds. The third kappa shape index (κ3) is 4.84. The first-order chi connectivity index (χ1) is 17.3. The van der Waals surface area contributed by atoms with Crippen LogP contribution in [0.4, 0.5) is 4.39 Å². The van der Waals surface area contributed by atoms with Crippen LogP contribution in [-0.2, 0) is 9.59 Å². The summed E-state index contributed by atoms with van der Waals surface area (Å²) in [5.41, 5.74) is 3.12. The normalized spacial score (nSPS) is 23.3. The highest BCUT2D eigenvalue weighted by Crippen LogP contribution is 2.45. The Labute approximate surface area is 208 Å². The number of amides is 2. The van der Waals surface area contributed by atoms with E-state index in [4.69, 9.17) is 0 Å². The van der Waals surface area contributed by atoms with Gasteiger partial charge in [0, 0.05) is 13.0 Å². The molecule has 0 aromatic heterocycles. The van der Waals surface area contributed by atoms with E-state index in [2.05, 4.69) is 0 Å². The van der Waals surface area contributed by atoms with Gasteiger partial charge in [-0.1, -0.05) is 42.5 Å². The number of rotatable bonds is 8. The van der Waals surface area contributed by atoms with Gasteiger partial charge < -0.3 is 20.4 Å². The Hall–Kier alpha value is -3.33. The lowest BCUT2D eigenvalue weighted by molar-refractivity contribution is -0.138. The third-order valence-corrected chi connectivity index (χ3v) is 7.30. The predicted molar refractivity (Wildman–Crippen MR) is 132 cm³/mol.